The Morgan fingerprint density at radius 3 is 2.33 bits per heavy atom. The van der Waals surface area contributed by atoms with Crippen molar-refractivity contribution in [1.82, 2.24) is 0 Å². The maximum absolute atomic E-state index is 13.3. The summed E-state index contributed by atoms with van der Waals surface area (Å²) in [5, 5.41) is 8.78. The molecule has 2 aromatic rings. The lowest BCUT2D eigenvalue weighted by Crippen LogP contribution is -2.25. The molecule has 3 atom stereocenters. The first-order chi connectivity index (χ1) is 12.8. The van der Waals surface area contributed by atoms with Gasteiger partial charge in [-0.15, -0.1) is 0 Å². The topological polar surface area (TPSA) is 84.2 Å². The van der Waals surface area contributed by atoms with Crippen LogP contribution < -0.4 is 0 Å². The number of nitriles is 1. The lowest BCUT2D eigenvalue weighted by molar-refractivity contribution is -0.147. The fourth-order valence-electron chi connectivity index (χ4n) is 3.33. The smallest absolute Gasteiger partial charge is 0.328 e. The molecule has 8 heteroatoms. The van der Waals surface area contributed by atoms with E-state index in [2.05, 4.69) is 0 Å². The molecular formula is C19H15ClFNO4S. The number of hydrogen-bond acceptors (Lipinski definition) is 5. The van der Waals surface area contributed by atoms with Gasteiger partial charge in [0.05, 0.1) is 17.6 Å². The molecule has 0 aliphatic heterocycles. The van der Waals surface area contributed by atoms with E-state index in [1.54, 1.807) is 6.92 Å². The molecule has 0 N–H and O–H groups in total. The molecule has 140 valence electrons. The van der Waals surface area contributed by atoms with Gasteiger partial charge in [0.2, 0.25) is 0 Å². The third-order valence-electron chi connectivity index (χ3n) is 4.64. The normalized spacial score (nSPS) is 24.1. The van der Waals surface area contributed by atoms with Gasteiger partial charge in [-0.3, -0.25) is 4.79 Å². The lowest BCUT2D eigenvalue weighted by atomic mass is 10.0. The summed E-state index contributed by atoms with van der Waals surface area (Å²) in [7, 11) is -4.05. The van der Waals surface area contributed by atoms with Gasteiger partial charge in [0.1, 0.15) is 11.1 Å². The zero-order valence-electron chi connectivity index (χ0n) is 14.2. The lowest BCUT2D eigenvalue weighted by Gasteiger charge is -2.09. The van der Waals surface area contributed by atoms with Crippen LogP contribution in [0.5, 0.6) is 0 Å². The summed E-state index contributed by atoms with van der Waals surface area (Å²) in [6, 6.07) is 12.4. The van der Waals surface area contributed by atoms with Crippen LogP contribution in [0.3, 0.4) is 0 Å². The summed E-state index contributed by atoms with van der Waals surface area (Å²) in [4.78, 5) is 12.5. The quantitative estimate of drug-likeness (QED) is 0.708. The highest BCUT2D eigenvalue weighted by Crippen LogP contribution is 2.64. The van der Waals surface area contributed by atoms with Crippen LogP contribution in [-0.2, 0) is 19.4 Å². The van der Waals surface area contributed by atoms with E-state index in [4.69, 9.17) is 16.3 Å². The van der Waals surface area contributed by atoms with E-state index in [0.717, 1.165) is 12.1 Å². The second-order valence-electron chi connectivity index (χ2n) is 6.15. The Morgan fingerprint density at radius 2 is 1.81 bits per heavy atom. The number of benzene rings is 2. The molecule has 0 radical (unpaired) electrons. The molecule has 1 aliphatic carbocycles. The molecule has 1 aliphatic rings. The minimum atomic E-state index is -4.05. The first-order valence-electron chi connectivity index (χ1n) is 8.12. The summed E-state index contributed by atoms with van der Waals surface area (Å²) in [5.74, 6) is -2.36. The Hall–Kier alpha value is -2.43. The molecule has 0 saturated heterocycles. The van der Waals surface area contributed by atoms with Gasteiger partial charge < -0.3 is 4.74 Å². The average Bonchev–Trinajstić information content (AvgIpc) is 3.34. The van der Waals surface area contributed by atoms with Crippen molar-refractivity contribution in [1.29, 1.82) is 5.26 Å². The van der Waals surface area contributed by atoms with E-state index in [-0.39, 0.29) is 11.5 Å². The second-order valence-corrected chi connectivity index (χ2v) is 8.66. The van der Waals surface area contributed by atoms with E-state index in [0.29, 0.717) is 10.6 Å². The van der Waals surface area contributed by atoms with E-state index >= 15 is 0 Å². The maximum atomic E-state index is 13.3. The first kappa shape index (κ1) is 19.3. The minimum Gasteiger partial charge on any atom is -0.465 e. The molecule has 27 heavy (non-hydrogen) atoms. The van der Waals surface area contributed by atoms with Crippen molar-refractivity contribution in [2.45, 2.75) is 23.0 Å². The third-order valence-corrected chi connectivity index (χ3v) is 7.13. The number of esters is 1. The zero-order valence-corrected chi connectivity index (χ0v) is 15.8. The molecule has 3 rings (SSSR count). The predicted octanol–water partition coefficient (Wildman–Crippen LogP) is 3.49. The molecule has 0 spiro atoms. The van der Waals surface area contributed by atoms with Gasteiger partial charge in [-0.25, -0.2) is 12.8 Å². The summed E-state index contributed by atoms with van der Waals surface area (Å²) < 4.78 is 44.6. The monoisotopic (exact) mass is 407 g/mol. The highest BCUT2D eigenvalue weighted by molar-refractivity contribution is 7.92. The van der Waals surface area contributed by atoms with Gasteiger partial charge in [-0.2, -0.15) is 5.26 Å². The standard InChI is InChI=1S/C19H15ClFNO4S/c1-2-26-18(23)19(11-22)16(12-3-7-14(21)8-4-12)17(19)27(24,25)15-9-5-13(20)6-10-15/h3-10,16-17H,2H2,1H3/t16-,17-,19+/m0/s1. The van der Waals surface area contributed by atoms with Crippen LogP contribution in [-0.4, -0.2) is 26.2 Å². The highest BCUT2D eigenvalue weighted by atomic mass is 35.5. The molecule has 1 saturated carbocycles. The Kier molecular flexibility index (Phi) is 4.98. The van der Waals surface area contributed by atoms with Crippen LogP contribution in [0.25, 0.3) is 0 Å². The van der Waals surface area contributed by atoms with E-state index in [1.165, 1.54) is 36.4 Å². The van der Waals surface area contributed by atoms with Gasteiger partial charge in [-0.1, -0.05) is 23.7 Å². The van der Waals surface area contributed by atoms with Crippen LogP contribution in [0.1, 0.15) is 18.4 Å². The number of carbonyl (C=O) groups excluding carboxylic acids is 1. The maximum Gasteiger partial charge on any atom is 0.328 e. The summed E-state index contributed by atoms with van der Waals surface area (Å²) in [6.45, 7) is 1.58. The fraction of sp³-hybridized carbons (Fsp3) is 0.263. The van der Waals surface area contributed by atoms with Crippen molar-refractivity contribution in [2.75, 3.05) is 6.61 Å². The average molecular weight is 408 g/mol. The molecule has 2 aromatic carbocycles. The number of halogens is 2. The molecule has 0 amide bonds. The summed E-state index contributed by atoms with van der Waals surface area (Å²) in [5.41, 5.74) is -1.50. The number of hydrogen-bond donors (Lipinski definition) is 0. The number of nitrogens with zero attached hydrogens (tertiary/aromatic N) is 1. The SMILES string of the molecule is CCOC(=O)[C@]1(C#N)[C@@H](c2ccc(F)cc2)[C@@H]1S(=O)(=O)c1ccc(Cl)cc1. The molecular weight excluding hydrogens is 393 g/mol. The van der Waals surface area contributed by atoms with Crippen LogP contribution in [0.15, 0.2) is 53.4 Å². The zero-order chi connectivity index (χ0) is 19.8. The molecule has 0 unspecified atom stereocenters. The van der Waals surface area contributed by atoms with Crippen LogP contribution in [0.4, 0.5) is 4.39 Å². The van der Waals surface area contributed by atoms with Crippen molar-refractivity contribution in [3.8, 4) is 6.07 Å². The number of sulfone groups is 1. The number of carbonyl (C=O) groups is 1. The molecule has 0 bridgehead atoms. The number of rotatable bonds is 5. The Labute approximate surface area is 161 Å². The largest absolute Gasteiger partial charge is 0.465 e. The van der Waals surface area contributed by atoms with E-state index in [1.807, 2.05) is 6.07 Å². The van der Waals surface area contributed by atoms with Gasteiger partial charge in [0, 0.05) is 10.9 Å². The van der Waals surface area contributed by atoms with E-state index < -0.39 is 38.2 Å². The molecule has 5 nitrogen and oxygen atoms in total. The third kappa shape index (κ3) is 3.09. The molecule has 0 aromatic heterocycles. The van der Waals surface area contributed by atoms with Crippen molar-refractivity contribution in [3.05, 3.63) is 64.9 Å². The van der Waals surface area contributed by atoms with Crippen LogP contribution >= 0.6 is 11.6 Å². The van der Waals surface area contributed by atoms with Gasteiger partial charge in [-0.05, 0) is 48.9 Å². The van der Waals surface area contributed by atoms with Gasteiger partial charge in [0.25, 0.3) is 0 Å². The number of ether oxygens (including phenoxy) is 1. The Bertz CT molecular complexity index is 1020. The minimum absolute atomic E-state index is 0.00607. The van der Waals surface area contributed by atoms with Gasteiger partial charge >= 0.3 is 5.97 Å². The predicted molar refractivity (Wildman–Crippen MR) is 96.2 cm³/mol. The second kappa shape index (κ2) is 6.95. The molecule has 0 heterocycles. The first-order valence-corrected chi connectivity index (χ1v) is 10.0. The molecule has 1 fully saturated rings. The van der Waals surface area contributed by atoms with Crippen molar-refractivity contribution >= 4 is 27.4 Å². The van der Waals surface area contributed by atoms with E-state index in [9.17, 15) is 22.9 Å². The highest BCUT2D eigenvalue weighted by Gasteiger charge is 2.77. The summed E-state index contributed by atoms with van der Waals surface area (Å²) >= 11 is 5.81. The van der Waals surface area contributed by atoms with Crippen molar-refractivity contribution in [2.24, 2.45) is 5.41 Å². The Morgan fingerprint density at radius 1 is 1.22 bits per heavy atom. The van der Waals surface area contributed by atoms with Crippen LogP contribution in [0.2, 0.25) is 5.02 Å². The van der Waals surface area contributed by atoms with Crippen molar-refractivity contribution < 1.29 is 22.3 Å². The Balaban J connectivity index is 2.12. The van der Waals surface area contributed by atoms with Gasteiger partial charge in [0.15, 0.2) is 15.3 Å². The summed E-state index contributed by atoms with van der Waals surface area (Å²) in [6.07, 6.45) is 0. The van der Waals surface area contributed by atoms with Crippen LogP contribution in [0, 0.1) is 22.6 Å². The van der Waals surface area contributed by atoms with Crippen molar-refractivity contribution in [3.63, 3.8) is 0 Å². The fourth-order valence-corrected chi connectivity index (χ4v) is 5.70.